The number of phenolic OH excluding ortho intramolecular Hbond substituents is 1. The molecule has 0 unspecified atom stereocenters. The molecule has 0 spiro atoms. The molecule has 0 atom stereocenters. The van der Waals surface area contributed by atoms with Gasteiger partial charge in [0.05, 0.1) is 10.6 Å². The monoisotopic (exact) mass is 265 g/mol. The summed E-state index contributed by atoms with van der Waals surface area (Å²) in [6.07, 6.45) is 0.754. The van der Waals surface area contributed by atoms with Crippen molar-refractivity contribution in [2.24, 2.45) is 0 Å². The van der Waals surface area contributed by atoms with Crippen molar-refractivity contribution in [3.05, 3.63) is 45.9 Å². The molecule has 0 aliphatic heterocycles. The molecule has 2 aromatic rings. The van der Waals surface area contributed by atoms with E-state index in [1.165, 1.54) is 23.5 Å². The Morgan fingerprint density at radius 2 is 2.22 bits per heavy atom. The first-order valence-electron chi connectivity index (χ1n) is 5.48. The molecular formula is C13H12FNO2S. The fourth-order valence-electron chi connectivity index (χ4n) is 1.60. The van der Waals surface area contributed by atoms with Gasteiger partial charge in [0, 0.05) is 6.07 Å². The molecule has 18 heavy (non-hydrogen) atoms. The van der Waals surface area contributed by atoms with Crippen molar-refractivity contribution in [3.63, 3.8) is 0 Å². The molecule has 0 aliphatic rings. The second kappa shape index (κ2) is 5.18. The summed E-state index contributed by atoms with van der Waals surface area (Å²) in [5.74, 6) is -1.15. The van der Waals surface area contributed by atoms with Crippen LogP contribution in [0.5, 0.6) is 5.75 Å². The van der Waals surface area contributed by atoms with Crippen molar-refractivity contribution < 1.29 is 14.3 Å². The van der Waals surface area contributed by atoms with E-state index in [2.05, 4.69) is 5.32 Å². The van der Waals surface area contributed by atoms with Gasteiger partial charge in [0.15, 0.2) is 0 Å². The van der Waals surface area contributed by atoms with Crippen molar-refractivity contribution in [2.75, 3.05) is 5.32 Å². The van der Waals surface area contributed by atoms with E-state index in [1.807, 2.05) is 18.4 Å². The maximum Gasteiger partial charge on any atom is 0.266 e. The molecule has 5 heteroatoms. The van der Waals surface area contributed by atoms with Crippen LogP contribution in [0.25, 0.3) is 0 Å². The van der Waals surface area contributed by atoms with Gasteiger partial charge in [-0.1, -0.05) is 6.92 Å². The Bertz CT molecular complexity index is 580. The lowest BCUT2D eigenvalue weighted by atomic mass is 10.2. The van der Waals surface area contributed by atoms with Gasteiger partial charge in [0.2, 0.25) is 0 Å². The van der Waals surface area contributed by atoms with Gasteiger partial charge in [-0.25, -0.2) is 4.39 Å². The number of hydrogen-bond acceptors (Lipinski definition) is 3. The van der Waals surface area contributed by atoms with Gasteiger partial charge in [0.1, 0.15) is 11.6 Å². The van der Waals surface area contributed by atoms with Crippen molar-refractivity contribution in [3.8, 4) is 5.75 Å². The summed E-state index contributed by atoms with van der Waals surface area (Å²) in [5.41, 5.74) is 1.00. The molecule has 1 aromatic heterocycles. The summed E-state index contributed by atoms with van der Waals surface area (Å²) in [7, 11) is 0. The SMILES string of the molecule is CCc1ccsc1C(=O)Nc1ccc(O)cc1F. The third kappa shape index (κ3) is 2.51. The highest BCUT2D eigenvalue weighted by atomic mass is 32.1. The van der Waals surface area contributed by atoms with Crippen LogP contribution in [-0.2, 0) is 6.42 Å². The molecule has 0 radical (unpaired) electrons. The number of anilines is 1. The highest BCUT2D eigenvalue weighted by Gasteiger charge is 2.14. The van der Waals surface area contributed by atoms with Crippen LogP contribution in [0.3, 0.4) is 0 Å². The standard InChI is InChI=1S/C13H12FNO2S/c1-2-8-5-6-18-12(8)13(17)15-11-4-3-9(16)7-10(11)14/h3-7,16H,2H2,1H3,(H,15,17). The van der Waals surface area contributed by atoms with Gasteiger partial charge in [-0.2, -0.15) is 0 Å². The zero-order valence-corrected chi connectivity index (χ0v) is 10.6. The summed E-state index contributed by atoms with van der Waals surface area (Å²) < 4.78 is 13.5. The van der Waals surface area contributed by atoms with Crippen LogP contribution in [-0.4, -0.2) is 11.0 Å². The van der Waals surface area contributed by atoms with E-state index >= 15 is 0 Å². The largest absolute Gasteiger partial charge is 0.508 e. The molecular weight excluding hydrogens is 253 g/mol. The average Bonchev–Trinajstić information content (AvgIpc) is 2.81. The van der Waals surface area contributed by atoms with E-state index < -0.39 is 5.82 Å². The number of thiophene rings is 1. The molecule has 1 aromatic carbocycles. The molecule has 0 aliphatic carbocycles. The van der Waals surface area contributed by atoms with Crippen molar-refractivity contribution in [1.29, 1.82) is 0 Å². The number of amides is 1. The fourth-order valence-corrected chi connectivity index (χ4v) is 2.49. The molecule has 0 saturated carbocycles. The predicted molar refractivity (Wildman–Crippen MR) is 69.7 cm³/mol. The predicted octanol–water partition coefficient (Wildman–Crippen LogP) is 3.41. The van der Waals surface area contributed by atoms with Crippen LogP contribution >= 0.6 is 11.3 Å². The summed E-state index contributed by atoms with van der Waals surface area (Å²) >= 11 is 1.33. The van der Waals surface area contributed by atoms with Crippen molar-refractivity contribution in [1.82, 2.24) is 0 Å². The van der Waals surface area contributed by atoms with Crippen molar-refractivity contribution in [2.45, 2.75) is 13.3 Å². The number of nitrogens with one attached hydrogen (secondary N) is 1. The van der Waals surface area contributed by atoms with Gasteiger partial charge < -0.3 is 10.4 Å². The number of aryl methyl sites for hydroxylation is 1. The molecule has 94 valence electrons. The van der Waals surface area contributed by atoms with Crippen LogP contribution in [0.1, 0.15) is 22.2 Å². The lowest BCUT2D eigenvalue weighted by molar-refractivity contribution is 0.102. The first kappa shape index (κ1) is 12.6. The van der Waals surface area contributed by atoms with Gasteiger partial charge in [-0.3, -0.25) is 4.79 Å². The highest BCUT2D eigenvalue weighted by molar-refractivity contribution is 7.12. The minimum atomic E-state index is -0.655. The fraction of sp³-hybridized carbons (Fsp3) is 0.154. The molecule has 3 nitrogen and oxygen atoms in total. The van der Waals surface area contributed by atoms with E-state index in [0.717, 1.165) is 18.1 Å². The first-order chi connectivity index (χ1) is 8.61. The smallest absolute Gasteiger partial charge is 0.266 e. The number of aromatic hydroxyl groups is 1. The number of carbonyl (C=O) groups is 1. The zero-order chi connectivity index (χ0) is 13.1. The number of halogens is 1. The molecule has 0 fully saturated rings. The van der Waals surface area contributed by atoms with Crippen LogP contribution < -0.4 is 5.32 Å². The number of phenols is 1. The molecule has 0 bridgehead atoms. The van der Waals surface area contributed by atoms with Crippen LogP contribution in [0.15, 0.2) is 29.6 Å². The first-order valence-corrected chi connectivity index (χ1v) is 6.36. The molecule has 2 rings (SSSR count). The topological polar surface area (TPSA) is 49.3 Å². The Labute approximate surface area is 108 Å². The third-order valence-electron chi connectivity index (χ3n) is 2.53. The summed E-state index contributed by atoms with van der Waals surface area (Å²) in [5, 5.41) is 13.4. The second-order valence-corrected chi connectivity index (χ2v) is 4.66. The Morgan fingerprint density at radius 1 is 1.44 bits per heavy atom. The Kier molecular flexibility index (Phi) is 3.62. The second-order valence-electron chi connectivity index (χ2n) is 3.75. The van der Waals surface area contributed by atoms with Crippen LogP contribution in [0.2, 0.25) is 0 Å². The Morgan fingerprint density at radius 3 is 2.89 bits per heavy atom. The number of rotatable bonds is 3. The van der Waals surface area contributed by atoms with Gasteiger partial charge in [-0.05, 0) is 35.6 Å². The summed E-state index contributed by atoms with van der Waals surface area (Å²) in [6.45, 7) is 1.96. The van der Waals surface area contributed by atoms with E-state index in [-0.39, 0.29) is 17.3 Å². The van der Waals surface area contributed by atoms with Crippen molar-refractivity contribution >= 4 is 22.9 Å². The van der Waals surface area contributed by atoms with Crippen LogP contribution in [0, 0.1) is 5.82 Å². The number of hydrogen-bond donors (Lipinski definition) is 2. The molecule has 1 amide bonds. The average molecular weight is 265 g/mol. The lowest BCUT2D eigenvalue weighted by Gasteiger charge is -2.06. The normalized spacial score (nSPS) is 10.3. The van der Waals surface area contributed by atoms with E-state index in [0.29, 0.717) is 4.88 Å². The quantitative estimate of drug-likeness (QED) is 0.835. The van der Waals surface area contributed by atoms with E-state index in [1.54, 1.807) is 0 Å². The van der Waals surface area contributed by atoms with Gasteiger partial charge in [0.25, 0.3) is 5.91 Å². The third-order valence-corrected chi connectivity index (χ3v) is 3.49. The number of carbonyl (C=O) groups excluding carboxylic acids is 1. The minimum absolute atomic E-state index is 0.0632. The minimum Gasteiger partial charge on any atom is -0.508 e. The molecule has 1 heterocycles. The van der Waals surface area contributed by atoms with Crippen LogP contribution in [0.4, 0.5) is 10.1 Å². The maximum atomic E-state index is 13.5. The zero-order valence-electron chi connectivity index (χ0n) is 9.74. The Balaban J connectivity index is 2.21. The molecule has 0 saturated heterocycles. The summed E-state index contributed by atoms with van der Waals surface area (Å²) in [4.78, 5) is 12.6. The van der Waals surface area contributed by atoms with E-state index in [9.17, 15) is 9.18 Å². The number of benzene rings is 1. The molecule has 2 N–H and O–H groups in total. The van der Waals surface area contributed by atoms with E-state index in [4.69, 9.17) is 5.11 Å². The van der Waals surface area contributed by atoms with Gasteiger partial charge in [-0.15, -0.1) is 11.3 Å². The highest BCUT2D eigenvalue weighted by Crippen LogP contribution is 2.22. The summed E-state index contributed by atoms with van der Waals surface area (Å²) in [6, 6.07) is 5.51. The van der Waals surface area contributed by atoms with Gasteiger partial charge >= 0.3 is 0 Å². The lowest BCUT2D eigenvalue weighted by Crippen LogP contribution is -2.13. The maximum absolute atomic E-state index is 13.5. The Hall–Kier alpha value is -1.88.